The second-order valence-electron chi connectivity index (χ2n) is 6.48. The zero-order valence-corrected chi connectivity index (χ0v) is 16.8. The van der Waals surface area contributed by atoms with Gasteiger partial charge in [0.05, 0.1) is 26.2 Å². The number of piperazine rings is 1. The number of carbonyl (C=O) groups is 2. The van der Waals surface area contributed by atoms with Crippen molar-refractivity contribution in [1.82, 2.24) is 9.80 Å². The molecule has 0 saturated carbocycles. The summed E-state index contributed by atoms with van der Waals surface area (Å²) in [5.41, 5.74) is 0.350. The molecule has 1 saturated heterocycles. The van der Waals surface area contributed by atoms with Gasteiger partial charge in [-0.05, 0) is 24.3 Å². The van der Waals surface area contributed by atoms with Crippen molar-refractivity contribution < 1.29 is 23.5 Å². The van der Waals surface area contributed by atoms with Crippen LogP contribution in [0.15, 0.2) is 52.8 Å². The van der Waals surface area contributed by atoms with Crippen molar-refractivity contribution in [1.29, 1.82) is 5.26 Å². The van der Waals surface area contributed by atoms with Crippen LogP contribution in [-0.2, 0) is 4.79 Å². The molecule has 9 heteroatoms. The molecule has 3 rings (SSSR count). The Morgan fingerprint density at radius 2 is 1.93 bits per heavy atom. The molecule has 1 N–H and O–H groups in total. The molecule has 1 aliphatic rings. The Hall–Kier alpha value is -3.93. The van der Waals surface area contributed by atoms with Crippen molar-refractivity contribution >= 4 is 17.5 Å². The summed E-state index contributed by atoms with van der Waals surface area (Å²) in [5, 5.41) is 12.1. The first kappa shape index (κ1) is 20.8. The van der Waals surface area contributed by atoms with Crippen LogP contribution in [0.3, 0.4) is 0 Å². The minimum atomic E-state index is -0.557. The number of carbonyl (C=O) groups excluding carboxylic acids is 2. The van der Waals surface area contributed by atoms with Crippen molar-refractivity contribution in [3.63, 3.8) is 0 Å². The second kappa shape index (κ2) is 9.52. The first-order valence-electron chi connectivity index (χ1n) is 9.28. The maximum absolute atomic E-state index is 12.6. The molecule has 1 aromatic heterocycles. The van der Waals surface area contributed by atoms with E-state index < -0.39 is 5.91 Å². The molecule has 1 fully saturated rings. The molecule has 1 aromatic carbocycles. The van der Waals surface area contributed by atoms with E-state index in [1.165, 1.54) is 26.7 Å². The lowest BCUT2D eigenvalue weighted by atomic mass is 10.2. The standard InChI is InChI=1S/C21H22N4O5/c1-28-16-5-6-18(29-2)17(12-16)23-20(26)15(13-22)14-24-7-9-25(10-8-24)21(27)19-4-3-11-30-19/h3-6,11-12,14H,7-10H2,1-2H3,(H,23,26)/b15-14-. The maximum Gasteiger partial charge on any atom is 0.289 e. The fourth-order valence-electron chi connectivity index (χ4n) is 3.03. The number of hydrogen-bond acceptors (Lipinski definition) is 7. The van der Waals surface area contributed by atoms with E-state index >= 15 is 0 Å². The van der Waals surface area contributed by atoms with Gasteiger partial charge < -0.3 is 29.0 Å². The number of ether oxygens (including phenoxy) is 2. The lowest BCUT2D eigenvalue weighted by molar-refractivity contribution is -0.112. The minimum absolute atomic E-state index is 0.0503. The third-order valence-electron chi connectivity index (χ3n) is 4.67. The van der Waals surface area contributed by atoms with Gasteiger partial charge in [-0.1, -0.05) is 0 Å². The van der Waals surface area contributed by atoms with Crippen LogP contribution in [0.1, 0.15) is 10.6 Å². The normalized spacial score (nSPS) is 14.1. The summed E-state index contributed by atoms with van der Waals surface area (Å²) in [7, 11) is 3.01. The van der Waals surface area contributed by atoms with Crippen LogP contribution in [0.25, 0.3) is 0 Å². The molecular weight excluding hydrogens is 388 g/mol. The summed E-state index contributed by atoms with van der Waals surface area (Å²) in [6, 6.07) is 10.2. The van der Waals surface area contributed by atoms with Crippen molar-refractivity contribution in [2.24, 2.45) is 0 Å². The summed E-state index contributed by atoms with van der Waals surface area (Å²) in [5.74, 6) is 0.561. The molecule has 2 amide bonds. The fourth-order valence-corrected chi connectivity index (χ4v) is 3.03. The maximum atomic E-state index is 12.6. The fraction of sp³-hybridized carbons (Fsp3) is 0.286. The lowest BCUT2D eigenvalue weighted by Crippen LogP contribution is -2.47. The van der Waals surface area contributed by atoms with Crippen LogP contribution < -0.4 is 14.8 Å². The SMILES string of the molecule is COc1ccc(OC)c(NC(=O)/C(C#N)=C\N2CCN(C(=O)c3ccco3)CC2)c1. The van der Waals surface area contributed by atoms with Crippen LogP contribution in [-0.4, -0.2) is 62.0 Å². The van der Waals surface area contributed by atoms with E-state index in [4.69, 9.17) is 13.9 Å². The van der Waals surface area contributed by atoms with Gasteiger partial charge in [0.2, 0.25) is 0 Å². The van der Waals surface area contributed by atoms with Crippen LogP contribution in [0, 0.1) is 11.3 Å². The number of nitrogens with one attached hydrogen (secondary N) is 1. The zero-order valence-electron chi connectivity index (χ0n) is 16.8. The first-order valence-corrected chi connectivity index (χ1v) is 9.28. The van der Waals surface area contributed by atoms with Gasteiger partial charge in [-0.2, -0.15) is 5.26 Å². The highest BCUT2D eigenvalue weighted by Gasteiger charge is 2.23. The summed E-state index contributed by atoms with van der Waals surface area (Å²) in [6.45, 7) is 1.90. The number of nitriles is 1. The Labute approximate surface area is 174 Å². The van der Waals surface area contributed by atoms with Crippen LogP contribution in [0.5, 0.6) is 11.5 Å². The topological polar surface area (TPSA) is 108 Å². The summed E-state index contributed by atoms with van der Waals surface area (Å²) in [6.07, 6.45) is 2.97. The molecule has 0 unspecified atom stereocenters. The van der Waals surface area contributed by atoms with Gasteiger partial charge in [-0.25, -0.2) is 0 Å². The van der Waals surface area contributed by atoms with Crippen LogP contribution >= 0.6 is 0 Å². The van der Waals surface area contributed by atoms with E-state index in [9.17, 15) is 14.9 Å². The van der Waals surface area contributed by atoms with Gasteiger partial charge in [-0.3, -0.25) is 9.59 Å². The molecule has 2 heterocycles. The van der Waals surface area contributed by atoms with Gasteiger partial charge >= 0.3 is 0 Å². The Morgan fingerprint density at radius 1 is 1.17 bits per heavy atom. The summed E-state index contributed by atoms with van der Waals surface area (Å²) >= 11 is 0. The Kier molecular flexibility index (Phi) is 6.60. The van der Waals surface area contributed by atoms with Gasteiger partial charge in [0, 0.05) is 38.4 Å². The number of hydrogen-bond donors (Lipinski definition) is 1. The molecule has 0 atom stereocenters. The average molecular weight is 410 g/mol. The van der Waals surface area contributed by atoms with Crippen molar-refractivity contribution in [3.05, 3.63) is 54.1 Å². The van der Waals surface area contributed by atoms with Crippen molar-refractivity contribution in [2.45, 2.75) is 0 Å². The van der Waals surface area contributed by atoms with Crippen molar-refractivity contribution in [3.8, 4) is 17.6 Å². The number of benzene rings is 1. The van der Waals surface area contributed by atoms with E-state index in [1.54, 1.807) is 35.2 Å². The Balaban J connectivity index is 1.64. The molecule has 1 aliphatic heterocycles. The first-order chi connectivity index (χ1) is 14.5. The number of nitrogens with zero attached hydrogens (tertiary/aromatic N) is 3. The predicted octanol–water partition coefficient (Wildman–Crippen LogP) is 2.10. The van der Waals surface area contributed by atoms with E-state index in [0.717, 1.165) is 0 Å². The quantitative estimate of drug-likeness (QED) is 0.574. The van der Waals surface area contributed by atoms with Crippen LogP contribution in [0.4, 0.5) is 5.69 Å². The monoisotopic (exact) mass is 410 g/mol. The second-order valence-corrected chi connectivity index (χ2v) is 6.48. The molecule has 0 radical (unpaired) electrons. The van der Waals surface area contributed by atoms with E-state index in [-0.39, 0.29) is 11.5 Å². The third-order valence-corrected chi connectivity index (χ3v) is 4.67. The number of furan rings is 1. The molecular formula is C21H22N4O5. The van der Waals surface area contributed by atoms with Gasteiger partial charge in [-0.15, -0.1) is 0 Å². The molecule has 0 spiro atoms. The van der Waals surface area contributed by atoms with Gasteiger partial charge in [0.15, 0.2) is 5.76 Å². The lowest BCUT2D eigenvalue weighted by Gasteiger charge is -2.33. The average Bonchev–Trinajstić information content (AvgIpc) is 3.32. The Morgan fingerprint density at radius 3 is 2.53 bits per heavy atom. The summed E-state index contributed by atoms with van der Waals surface area (Å²) in [4.78, 5) is 28.5. The van der Waals surface area contributed by atoms with E-state index in [0.29, 0.717) is 49.1 Å². The van der Waals surface area contributed by atoms with Crippen LogP contribution in [0.2, 0.25) is 0 Å². The number of rotatable bonds is 6. The highest BCUT2D eigenvalue weighted by atomic mass is 16.5. The molecule has 30 heavy (non-hydrogen) atoms. The van der Waals surface area contributed by atoms with E-state index in [1.807, 2.05) is 11.0 Å². The molecule has 0 aliphatic carbocycles. The highest BCUT2D eigenvalue weighted by Crippen LogP contribution is 2.29. The number of anilines is 1. The molecule has 9 nitrogen and oxygen atoms in total. The largest absolute Gasteiger partial charge is 0.497 e. The molecule has 0 bridgehead atoms. The zero-order chi connectivity index (χ0) is 21.5. The van der Waals surface area contributed by atoms with Gasteiger partial charge in [0.1, 0.15) is 23.1 Å². The minimum Gasteiger partial charge on any atom is -0.497 e. The van der Waals surface area contributed by atoms with E-state index in [2.05, 4.69) is 5.32 Å². The predicted molar refractivity (Wildman–Crippen MR) is 108 cm³/mol. The number of methoxy groups -OCH3 is 2. The third kappa shape index (κ3) is 4.72. The molecule has 2 aromatic rings. The Bertz CT molecular complexity index is 970. The summed E-state index contributed by atoms with van der Waals surface area (Å²) < 4.78 is 15.6. The van der Waals surface area contributed by atoms with Crippen molar-refractivity contribution in [2.75, 3.05) is 45.7 Å². The smallest absolute Gasteiger partial charge is 0.289 e. The van der Waals surface area contributed by atoms with Gasteiger partial charge in [0.25, 0.3) is 11.8 Å². The highest BCUT2D eigenvalue weighted by molar-refractivity contribution is 6.07. The number of amides is 2. The molecule has 156 valence electrons.